The van der Waals surface area contributed by atoms with E-state index < -0.39 is 11.2 Å². The Bertz CT molecular complexity index is 416. The summed E-state index contributed by atoms with van der Waals surface area (Å²) in [4.78, 5) is 12.5. The predicted molar refractivity (Wildman–Crippen MR) is 72.5 cm³/mol. The van der Waals surface area contributed by atoms with Crippen molar-refractivity contribution in [3.63, 3.8) is 0 Å². The van der Waals surface area contributed by atoms with Gasteiger partial charge in [0.2, 0.25) is 0 Å². The molecule has 19 heavy (non-hydrogen) atoms. The van der Waals surface area contributed by atoms with Gasteiger partial charge in [0.05, 0.1) is 5.92 Å². The predicted octanol–water partition coefficient (Wildman–Crippen LogP) is 2.91. The Morgan fingerprint density at radius 3 is 2.58 bits per heavy atom. The van der Waals surface area contributed by atoms with E-state index in [2.05, 4.69) is 13.8 Å². The lowest BCUT2D eigenvalue weighted by atomic mass is 9.48. The van der Waals surface area contributed by atoms with E-state index in [-0.39, 0.29) is 17.3 Å². The van der Waals surface area contributed by atoms with Crippen LogP contribution in [0.25, 0.3) is 0 Å². The number of carbonyl (C=O) groups is 1. The molecule has 0 aromatic carbocycles. The molecule has 2 heterocycles. The number of esters is 1. The highest BCUT2D eigenvalue weighted by molar-refractivity contribution is 5.74. The number of ether oxygens (including phenoxy) is 1. The molecular weight excluding hydrogens is 240 g/mol. The summed E-state index contributed by atoms with van der Waals surface area (Å²) < 4.78 is 5.71. The number of fused-ring (bicyclic) bond motifs is 3. The molecule has 0 amide bonds. The smallest absolute Gasteiger partial charge is 0.310 e. The number of hydrogen-bond donors (Lipinski definition) is 1. The highest BCUT2D eigenvalue weighted by Crippen LogP contribution is 2.61. The number of aliphatic hydroxyl groups is 1. The van der Waals surface area contributed by atoms with Gasteiger partial charge in [0.25, 0.3) is 0 Å². The van der Waals surface area contributed by atoms with E-state index in [4.69, 9.17) is 4.74 Å². The van der Waals surface area contributed by atoms with Gasteiger partial charge >= 0.3 is 5.97 Å². The summed E-state index contributed by atoms with van der Waals surface area (Å²) in [6.45, 7) is 8.28. The summed E-state index contributed by atoms with van der Waals surface area (Å²) in [5.74, 6) is 0.979. The van der Waals surface area contributed by atoms with Gasteiger partial charge in [-0.2, -0.15) is 0 Å². The second kappa shape index (κ2) is 3.75. The first-order valence-corrected chi connectivity index (χ1v) is 7.65. The van der Waals surface area contributed by atoms with Crippen LogP contribution in [-0.2, 0) is 9.53 Å². The van der Waals surface area contributed by atoms with Crippen molar-refractivity contribution >= 4 is 5.97 Å². The normalized spacial score (nSPS) is 52.3. The molecule has 1 N–H and O–H groups in total. The largest absolute Gasteiger partial charge is 0.456 e. The molecule has 2 saturated carbocycles. The Hall–Kier alpha value is -0.570. The summed E-state index contributed by atoms with van der Waals surface area (Å²) in [6, 6.07) is 0. The average molecular weight is 266 g/mol. The molecule has 2 saturated heterocycles. The van der Waals surface area contributed by atoms with Gasteiger partial charge in [-0.3, -0.25) is 4.79 Å². The minimum absolute atomic E-state index is 0.0253. The molecule has 3 heteroatoms. The minimum Gasteiger partial charge on any atom is -0.456 e. The molecule has 3 nitrogen and oxygen atoms in total. The van der Waals surface area contributed by atoms with E-state index >= 15 is 0 Å². The molecule has 0 aromatic heterocycles. The fourth-order valence-corrected chi connectivity index (χ4v) is 4.96. The van der Waals surface area contributed by atoms with Crippen LogP contribution in [-0.4, -0.2) is 22.3 Å². The highest BCUT2D eigenvalue weighted by atomic mass is 16.6. The molecule has 0 aromatic rings. The van der Waals surface area contributed by atoms with Crippen molar-refractivity contribution in [2.24, 2.45) is 23.2 Å². The van der Waals surface area contributed by atoms with E-state index in [0.29, 0.717) is 11.8 Å². The van der Waals surface area contributed by atoms with E-state index in [1.165, 1.54) is 0 Å². The van der Waals surface area contributed by atoms with Crippen LogP contribution in [0.3, 0.4) is 0 Å². The Morgan fingerprint density at radius 1 is 1.21 bits per heavy atom. The van der Waals surface area contributed by atoms with Crippen LogP contribution in [0, 0.1) is 23.2 Å². The van der Waals surface area contributed by atoms with Crippen molar-refractivity contribution in [1.82, 2.24) is 0 Å². The average Bonchev–Trinajstić information content (AvgIpc) is 2.30. The lowest BCUT2D eigenvalue weighted by molar-refractivity contribution is -0.245. The molecule has 1 unspecified atom stereocenters. The Kier molecular flexibility index (Phi) is 2.65. The van der Waals surface area contributed by atoms with E-state index in [9.17, 15) is 9.90 Å². The fourth-order valence-electron chi connectivity index (χ4n) is 4.96. The highest BCUT2D eigenvalue weighted by Gasteiger charge is 2.62. The molecule has 4 fully saturated rings. The molecular formula is C16H26O3. The van der Waals surface area contributed by atoms with Crippen LogP contribution < -0.4 is 0 Å². The van der Waals surface area contributed by atoms with E-state index in [0.717, 1.165) is 32.1 Å². The van der Waals surface area contributed by atoms with Crippen LogP contribution in [0.1, 0.15) is 59.8 Å². The summed E-state index contributed by atoms with van der Waals surface area (Å²) in [5, 5.41) is 11.0. The maximum absolute atomic E-state index is 12.5. The van der Waals surface area contributed by atoms with Crippen molar-refractivity contribution in [2.75, 3.05) is 0 Å². The first-order valence-electron chi connectivity index (χ1n) is 7.65. The van der Waals surface area contributed by atoms with Crippen LogP contribution in [0.5, 0.6) is 0 Å². The summed E-state index contributed by atoms with van der Waals surface area (Å²) in [5.41, 5.74) is -1.60. The molecule has 4 rings (SSSR count). The van der Waals surface area contributed by atoms with Crippen LogP contribution in [0.4, 0.5) is 0 Å². The second-order valence-electron chi connectivity index (χ2n) is 7.89. The monoisotopic (exact) mass is 266 g/mol. The maximum Gasteiger partial charge on any atom is 0.310 e. The summed E-state index contributed by atoms with van der Waals surface area (Å²) in [6.07, 6.45) is 4.50. The Morgan fingerprint density at radius 2 is 1.89 bits per heavy atom. The van der Waals surface area contributed by atoms with Gasteiger partial charge < -0.3 is 9.84 Å². The third-order valence-electron chi connectivity index (χ3n) is 6.64. The molecule has 4 bridgehead atoms. The van der Waals surface area contributed by atoms with Crippen LogP contribution >= 0.6 is 0 Å². The van der Waals surface area contributed by atoms with Crippen molar-refractivity contribution in [2.45, 2.75) is 71.0 Å². The molecule has 108 valence electrons. The van der Waals surface area contributed by atoms with Gasteiger partial charge in [-0.15, -0.1) is 0 Å². The second-order valence-corrected chi connectivity index (χ2v) is 7.89. The van der Waals surface area contributed by atoms with Gasteiger partial charge in [0, 0.05) is 0 Å². The zero-order valence-corrected chi connectivity index (χ0v) is 12.5. The molecule has 5 atom stereocenters. The molecule has 0 radical (unpaired) electrons. The summed E-state index contributed by atoms with van der Waals surface area (Å²) in [7, 11) is 0. The molecule has 2 aliphatic heterocycles. The van der Waals surface area contributed by atoms with E-state index in [1.807, 2.05) is 13.8 Å². The van der Waals surface area contributed by atoms with Crippen molar-refractivity contribution < 1.29 is 14.6 Å². The van der Waals surface area contributed by atoms with Gasteiger partial charge in [0.1, 0.15) is 11.2 Å². The number of rotatable bonds is 0. The molecule has 4 aliphatic rings. The standard InChI is InChI=1S/C16H26O3/c1-10-5-6-11-13(17)19-14(2,3)16(18)8-7-15(11,4)12(10)9-16/h10-12,18H,5-9H2,1-4H3/t10-,11?,12-,15-,16-/m0/s1. The molecule has 2 aliphatic carbocycles. The SMILES string of the molecule is C[C@H]1CCC2C(=O)OC(C)(C)[C@]3(O)CC[C@]2(C)[C@H]1C3. The lowest BCUT2D eigenvalue weighted by Crippen LogP contribution is -2.65. The minimum atomic E-state index is -0.858. The first kappa shape index (κ1) is 13.4. The molecule has 0 spiro atoms. The van der Waals surface area contributed by atoms with Crippen molar-refractivity contribution in [3.05, 3.63) is 0 Å². The van der Waals surface area contributed by atoms with Gasteiger partial charge in [-0.05, 0) is 63.2 Å². The Labute approximate surface area is 115 Å². The zero-order chi connectivity index (χ0) is 14.1. The number of hydrogen-bond acceptors (Lipinski definition) is 3. The Balaban J connectivity index is 2.10. The van der Waals surface area contributed by atoms with Crippen molar-refractivity contribution in [3.8, 4) is 0 Å². The third kappa shape index (κ3) is 1.63. The topological polar surface area (TPSA) is 46.5 Å². The maximum atomic E-state index is 12.5. The van der Waals surface area contributed by atoms with Crippen molar-refractivity contribution in [1.29, 1.82) is 0 Å². The first-order chi connectivity index (χ1) is 8.70. The van der Waals surface area contributed by atoms with Crippen LogP contribution in [0.2, 0.25) is 0 Å². The quantitative estimate of drug-likeness (QED) is 0.686. The van der Waals surface area contributed by atoms with Gasteiger partial charge in [-0.1, -0.05) is 13.8 Å². The van der Waals surface area contributed by atoms with Gasteiger partial charge in [0.15, 0.2) is 0 Å². The summed E-state index contributed by atoms with van der Waals surface area (Å²) >= 11 is 0. The zero-order valence-electron chi connectivity index (χ0n) is 12.5. The van der Waals surface area contributed by atoms with E-state index in [1.54, 1.807) is 0 Å². The third-order valence-corrected chi connectivity index (χ3v) is 6.64. The van der Waals surface area contributed by atoms with Gasteiger partial charge in [-0.25, -0.2) is 0 Å². The lowest BCUT2D eigenvalue weighted by Gasteiger charge is -2.61. The number of carbonyl (C=O) groups excluding carboxylic acids is 1. The fraction of sp³-hybridized carbons (Fsp3) is 0.938. The van der Waals surface area contributed by atoms with Crippen LogP contribution in [0.15, 0.2) is 0 Å².